The molecule has 3 fully saturated rings. The minimum Gasteiger partial charge on any atom is -0.405 e. The lowest BCUT2D eigenvalue weighted by Crippen LogP contribution is -2.41. The fourth-order valence-electron chi connectivity index (χ4n) is 13.4. The van der Waals surface area contributed by atoms with Crippen LogP contribution in [0.5, 0.6) is 0 Å². The third-order valence-corrected chi connectivity index (χ3v) is 22.8. The van der Waals surface area contributed by atoms with Crippen LogP contribution in [0.4, 0.5) is 0 Å². The number of rotatable bonds is 14. The van der Waals surface area contributed by atoms with Crippen molar-refractivity contribution in [2.45, 2.75) is 117 Å². The van der Waals surface area contributed by atoms with Gasteiger partial charge in [0.1, 0.15) is 0 Å². The van der Waals surface area contributed by atoms with E-state index in [0.717, 1.165) is 87.8 Å². The maximum atomic E-state index is 6.26. The summed E-state index contributed by atoms with van der Waals surface area (Å²) in [5, 5.41) is 0. The number of benzene rings is 12. The van der Waals surface area contributed by atoms with Gasteiger partial charge in [0.25, 0.3) is 0 Å². The maximum Gasteiger partial charge on any atom is 0.494 e. The SMILES string of the molecule is Brc1ccc(-c2cccc(-c3ccc(-c4nc(-c5ccccc5)nc(-c5ccc(-c6ccccc6)cc5)n4)cc3)c2)cc1.CC1(C)OB(B2OC(C)(C)C(C)(C)O2)OC1(C)C.CC1(C)OB(c2ccc(-c3cccc(-c4ccc(-c5nc(-c6ccccc6)nc(-c6ccc(-c7ccccc7)cc6)n5)cc4)c3)cc2)OC1(C)C. The second-order valence-electron chi connectivity index (χ2n) is 31.5. The average molecular weight is 1530 g/mol. The van der Waals surface area contributed by atoms with Gasteiger partial charge in [0.2, 0.25) is 0 Å². The van der Waals surface area contributed by atoms with Crippen LogP contribution >= 0.6 is 15.9 Å². The van der Waals surface area contributed by atoms with Gasteiger partial charge >= 0.3 is 21.1 Å². The van der Waals surface area contributed by atoms with Gasteiger partial charge in [-0.1, -0.05) is 307 Å². The molecule has 0 N–H and O–H groups in total. The summed E-state index contributed by atoms with van der Waals surface area (Å²) in [5.74, 6) is 3.86. The molecule has 554 valence electrons. The molecule has 14 aromatic rings. The molecular formula is C96H88B3BrN6O6. The van der Waals surface area contributed by atoms with Crippen molar-refractivity contribution in [2.24, 2.45) is 0 Å². The van der Waals surface area contributed by atoms with Crippen molar-refractivity contribution in [2.75, 3.05) is 0 Å². The van der Waals surface area contributed by atoms with Crippen LogP contribution in [0, 0.1) is 0 Å². The second kappa shape index (κ2) is 31.7. The van der Waals surface area contributed by atoms with Crippen LogP contribution in [0.25, 0.3) is 135 Å². The fourth-order valence-corrected chi connectivity index (χ4v) is 13.7. The van der Waals surface area contributed by atoms with E-state index in [-0.39, 0.29) is 40.7 Å². The van der Waals surface area contributed by atoms with Crippen molar-refractivity contribution in [3.8, 4) is 135 Å². The van der Waals surface area contributed by atoms with E-state index in [9.17, 15) is 0 Å². The van der Waals surface area contributed by atoms with Gasteiger partial charge in [-0.3, -0.25) is 0 Å². The van der Waals surface area contributed by atoms with Gasteiger partial charge in [0.05, 0.1) is 33.6 Å². The lowest BCUT2D eigenvalue weighted by molar-refractivity contribution is 0.00578. The summed E-state index contributed by atoms with van der Waals surface area (Å²) in [6.07, 6.45) is 0. The zero-order valence-corrected chi connectivity index (χ0v) is 66.9. The number of aromatic nitrogens is 6. The number of hydrogen-bond acceptors (Lipinski definition) is 12. The molecule has 112 heavy (non-hydrogen) atoms. The van der Waals surface area contributed by atoms with Crippen LogP contribution in [-0.2, 0) is 27.9 Å². The van der Waals surface area contributed by atoms with Crippen molar-refractivity contribution in [1.29, 1.82) is 0 Å². The highest BCUT2D eigenvalue weighted by Crippen LogP contribution is 2.44. The Balaban J connectivity index is 0.000000147. The van der Waals surface area contributed by atoms with E-state index < -0.39 is 14.0 Å². The maximum absolute atomic E-state index is 6.26. The lowest BCUT2D eigenvalue weighted by Gasteiger charge is -2.32. The van der Waals surface area contributed by atoms with Crippen molar-refractivity contribution >= 4 is 42.5 Å². The van der Waals surface area contributed by atoms with Gasteiger partial charge in [-0.2, -0.15) is 0 Å². The van der Waals surface area contributed by atoms with Crippen molar-refractivity contribution in [3.05, 3.63) is 320 Å². The molecule has 16 heteroatoms. The zero-order chi connectivity index (χ0) is 78.0. The number of nitrogens with zero attached hydrogens (tertiary/aromatic N) is 6. The molecule has 3 saturated heterocycles. The van der Waals surface area contributed by atoms with Crippen LogP contribution < -0.4 is 5.46 Å². The molecule has 3 aliphatic rings. The highest BCUT2D eigenvalue weighted by atomic mass is 79.9. The minimum absolute atomic E-state index is 0.360. The monoisotopic (exact) mass is 1530 g/mol. The average Bonchev–Trinajstić information content (AvgIpc) is 1.60. The van der Waals surface area contributed by atoms with E-state index >= 15 is 0 Å². The Hall–Kier alpha value is -10.9. The van der Waals surface area contributed by atoms with Crippen LogP contribution in [0.15, 0.2) is 320 Å². The topological polar surface area (TPSA) is 133 Å². The molecule has 0 amide bonds. The molecule has 0 unspecified atom stereocenters. The van der Waals surface area contributed by atoms with Crippen LogP contribution in [0.1, 0.15) is 83.1 Å². The Morgan fingerprint density at radius 3 is 0.634 bits per heavy atom. The largest absolute Gasteiger partial charge is 0.494 e. The standard InChI is InChI=1S/C45H38BN3O2.C39H26BrN3.C12H24B2O4/c1-44(2)45(3,4)51-46(50-44)40-28-26-34(27-29-40)39-17-11-16-38(30-39)33-20-24-37(25-21-33)43-48-41(35-14-9-6-10-15-35)47-42(49-43)36-22-18-32(19-23-36)31-12-7-5-8-13-31;40-36-24-22-30(23-25-36)35-13-7-12-34(26-35)29-16-20-33(21-17-29)39-42-37(31-10-5-2-6-11-31)41-38(43-39)32-18-14-28(15-19-32)27-8-3-1-4-9-27;1-9(2)10(3,4)16-13(15-9)14-17-11(5,6)12(7,8)18-14/h5-30H,1-4H3;1-26H;1-8H3. The second-order valence-corrected chi connectivity index (χ2v) is 32.4. The summed E-state index contributed by atoms with van der Waals surface area (Å²) in [4.78, 5) is 29.5. The third-order valence-electron chi connectivity index (χ3n) is 22.2. The molecule has 0 saturated carbocycles. The molecule has 2 aromatic heterocycles. The minimum atomic E-state index is -0.476. The molecule has 12 aromatic carbocycles. The van der Waals surface area contributed by atoms with Gasteiger partial charge in [0.15, 0.2) is 34.9 Å². The first-order chi connectivity index (χ1) is 53.8. The molecular weight excluding hydrogens is 1450 g/mol. The number of halogens is 1. The first kappa shape index (κ1) is 76.5. The Morgan fingerprint density at radius 2 is 0.375 bits per heavy atom. The van der Waals surface area contributed by atoms with E-state index in [1.54, 1.807) is 0 Å². The zero-order valence-electron chi connectivity index (χ0n) is 65.3. The Bertz CT molecular complexity index is 5510. The third kappa shape index (κ3) is 16.8. The highest BCUT2D eigenvalue weighted by molar-refractivity contribution is 9.10. The van der Waals surface area contributed by atoms with Gasteiger partial charge in [-0.15, -0.1) is 0 Å². The Kier molecular flexibility index (Phi) is 21.6. The van der Waals surface area contributed by atoms with E-state index in [4.69, 9.17) is 57.8 Å². The quantitative estimate of drug-likeness (QED) is 0.0960. The molecule has 0 radical (unpaired) electrons. The summed E-state index contributed by atoms with van der Waals surface area (Å²) < 4.78 is 37.4. The molecule has 0 spiro atoms. The van der Waals surface area contributed by atoms with E-state index in [2.05, 4.69) is 286 Å². The van der Waals surface area contributed by atoms with Crippen molar-refractivity contribution < 1.29 is 27.9 Å². The molecule has 12 nitrogen and oxygen atoms in total. The normalized spacial score (nSPS) is 16.1. The molecule has 0 aliphatic carbocycles. The van der Waals surface area contributed by atoms with Gasteiger partial charge < -0.3 is 27.9 Å². The predicted molar refractivity (Wildman–Crippen MR) is 460 cm³/mol. The summed E-state index contributed by atoms with van der Waals surface area (Å²) >= 11 is 3.53. The smallest absolute Gasteiger partial charge is 0.405 e. The Labute approximate surface area is 667 Å². The Morgan fingerprint density at radius 1 is 0.196 bits per heavy atom. The molecule has 5 heterocycles. The van der Waals surface area contributed by atoms with Gasteiger partial charge in [-0.25, -0.2) is 29.9 Å². The van der Waals surface area contributed by atoms with Gasteiger partial charge in [-0.05, 0) is 180 Å². The van der Waals surface area contributed by atoms with Crippen LogP contribution in [0.2, 0.25) is 0 Å². The summed E-state index contributed by atoms with van der Waals surface area (Å²) in [6.45, 7) is 24.5. The fraction of sp³-hybridized carbons (Fsp3) is 0.188. The van der Waals surface area contributed by atoms with Gasteiger partial charge in [0, 0.05) is 37.9 Å². The van der Waals surface area contributed by atoms with Crippen molar-refractivity contribution in [3.63, 3.8) is 0 Å². The predicted octanol–water partition coefficient (Wildman–Crippen LogP) is 23.1. The van der Waals surface area contributed by atoms with E-state index in [1.165, 1.54) is 22.3 Å². The number of hydrogen-bond donors (Lipinski definition) is 0. The molecule has 17 rings (SSSR count). The molecule has 0 bridgehead atoms. The highest BCUT2D eigenvalue weighted by Gasteiger charge is 2.64. The molecule has 0 atom stereocenters. The lowest BCUT2D eigenvalue weighted by atomic mass is 9.49. The summed E-state index contributed by atoms with van der Waals surface area (Å²) in [7, 11) is -1.33. The molecule has 3 aliphatic heterocycles. The van der Waals surface area contributed by atoms with Crippen molar-refractivity contribution in [1.82, 2.24) is 29.9 Å². The van der Waals surface area contributed by atoms with Crippen LogP contribution in [0.3, 0.4) is 0 Å². The summed E-state index contributed by atoms with van der Waals surface area (Å²) in [6, 6.07) is 109. The van der Waals surface area contributed by atoms with E-state index in [0.29, 0.717) is 34.9 Å². The summed E-state index contributed by atoms with van der Waals surface area (Å²) in [5.41, 5.74) is 18.3. The van der Waals surface area contributed by atoms with E-state index in [1.807, 2.05) is 128 Å². The first-order valence-electron chi connectivity index (χ1n) is 38.1. The van der Waals surface area contributed by atoms with Crippen LogP contribution in [-0.4, -0.2) is 84.6 Å². The first-order valence-corrected chi connectivity index (χ1v) is 38.9.